The molecular weight excluding hydrogens is 314 g/mol. The second kappa shape index (κ2) is 6.25. The van der Waals surface area contributed by atoms with Crippen LogP contribution in [0.2, 0.25) is 0 Å². The molecule has 2 heterocycles. The lowest BCUT2D eigenvalue weighted by atomic mass is 9.63. The summed E-state index contributed by atoms with van der Waals surface area (Å²) in [5.74, 6) is 0. The molecule has 0 saturated heterocycles. The molecule has 1 heteroatoms. The van der Waals surface area contributed by atoms with Gasteiger partial charge in [-0.15, -0.1) is 0 Å². The highest BCUT2D eigenvalue weighted by Gasteiger charge is 2.50. The van der Waals surface area contributed by atoms with Gasteiger partial charge in [0, 0.05) is 18.4 Å². The molecule has 26 heavy (non-hydrogen) atoms. The van der Waals surface area contributed by atoms with E-state index in [2.05, 4.69) is 95.7 Å². The molecule has 1 aliphatic carbocycles. The Morgan fingerprint density at radius 1 is 0.808 bits per heavy atom. The highest BCUT2D eigenvalue weighted by Crippen LogP contribution is 2.49. The van der Waals surface area contributed by atoms with E-state index in [0.29, 0.717) is 6.04 Å². The normalized spacial score (nSPS) is 23.4. The number of fused-ring (bicyclic) bond motifs is 1. The topological polar surface area (TPSA) is 3.01 Å². The van der Waals surface area contributed by atoms with Crippen LogP contribution in [0.3, 0.4) is 0 Å². The third-order valence-corrected chi connectivity index (χ3v) is 6.19. The molecule has 3 aliphatic rings. The fourth-order valence-corrected chi connectivity index (χ4v) is 4.93. The zero-order valence-electron chi connectivity index (χ0n) is 15.0. The second-order valence-electron chi connectivity index (χ2n) is 7.58. The van der Waals surface area contributed by atoms with E-state index in [-0.39, 0.29) is 5.41 Å². The Labute approximate surface area is 155 Å². The maximum atomic E-state index is 2.62. The van der Waals surface area contributed by atoms with E-state index in [4.69, 9.17) is 0 Å². The van der Waals surface area contributed by atoms with E-state index >= 15 is 0 Å². The molecule has 0 fully saturated rings. The van der Waals surface area contributed by atoms with Crippen molar-refractivity contribution in [1.82, 2.24) is 0 Å². The molecule has 2 aliphatic heterocycles. The van der Waals surface area contributed by atoms with Gasteiger partial charge in [0.15, 0.2) is 12.3 Å². The Morgan fingerprint density at radius 3 is 2.31 bits per heavy atom. The van der Waals surface area contributed by atoms with Crippen LogP contribution in [0.15, 0.2) is 84.9 Å². The molecule has 0 amide bonds. The van der Waals surface area contributed by atoms with Crippen molar-refractivity contribution in [3.8, 4) is 0 Å². The summed E-state index contributed by atoms with van der Waals surface area (Å²) in [6.45, 7) is 1.08. The molecule has 3 aromatic rings. The van der Waals surface area contributed by atoms with Crippen molar-refractivity contribution in [3.63, 3.8) is 0 Å². The maximum Gasteiger partial charge on any atom is 0.178 e. The summed E-state index contributed by atoms with van der Waals surface area (Å²) in [4.78, 5) is 0. The van der Waals surface area contributed by atoms with Crippen LogP contribution in [0.5, 0.6) is 0 Å². The lowest BCUT2D eigenvalue weighted by Crippen LogP contribution is -2.46. The van der Waals surface area contributed by atoms with Crippen molar-refractivity contribution in [3.05, 3.63) is 107 Å². The van der Waals surface area contributed by atoms with Gasteiger partial charge in [-0.2, -0.15) is 0 Å². The number of rotatable bonds is 4. The predicted molar refractivity (Wildman–Crippen MR) is 107 cm³/mol. The van der Waals surface area contributed by atoms with Crippen molar-refractivity contribution in [2.45, 2.75) is 30.7 Å². The molecular formula is C25H24N+. The fraction of sp³-hybridized carbons (Fsp3) is 0.240. The van der Waals surface area contributed by atoms with Gasteiger partial charge in [-0.05, 0) is 23.1 Å². The molecule has 1 nitrogen and oxygen atoms in total. The summed E-state index contributed by atoms with van der Waals surface area (Å²) in [7, 11) is 0. The molecule has 0 N–H and O–H groups in total. The highest BCUT2D eigenvalue weighted by molar-refractivity contribution is 5.79. The standard InChI is InChI=1S/C25H24N/c1-3-9-20(10-4-1)16-18-26-19-25(21-11-5-2-6-12-21)17-15-24(26)22-13-7-8-14-23(22)25/h1-14,19,24H,15-18H2/q+1. The molecule has 128 valence electrons. The van der Waals surface area contributed by atoms with Crippen molar-refractivity contribution in [2.24, 2.45) is 0 Å². The van der Waals surface area contributed by atoms with E-state index in [0.717, 1.165) is 13.0 Å². The van der Waals surface area contributed by atoms with Crippen LogP contribution in [-0.2, 0) is 11.8 Å². The number of nitrogens with zero attached hydrogens (tertiary/aromatic N) is 1. The van der Waals surface area contributed by atoms with Gasteiger partial charge in [-0.3, -0.25) is 0 Å². The average Bonchev–Trinajstić information content (AvgIpc) is 2.74. The molecule has 3 aromatic carbocycles. The van der Waals surface area contributed by atoms with Gasteiger partial charge >= 0.3 is 0 Å². The Hall–Kier alpha value is -2.67. The van der Waals surface area contributed by atoms with Gasteiger partial charge in [0.05, 0.1) is 5.41 Å². The smallest absolute Gasteiger partial charge is 0.178 e. The quantitative estimate of drug-likeness (QED) is 0.579. The summed E-state index contributed by atoms with van der Waals surface area (Å²) >= 11 is 0. The first-order valence-electron chi connectivity index (χ1n) is 9.67. The highest BCUT2D eigenvalue weighted by atomic mass is 15.1. The minimum Gasteiger partial charge on any atom is -0.231 e. The van der Waals surface area contributed by atoms with Crippen LogP contribution < -0.4 is 0 Å². The van der Waals surface area contributed by atoms with Gasteiger partial charge < -0.3 is 0 Å². The van der Waals surface area contributed by atoms with Gasteiger partial charge in [0.25, 0.3) is 0 Å². The first kappa shape index (κ1) is 15.6. The SMILES string of the molecule is C1=[N+](CCc2ccccc2)C2CCC1(c1ccccc1)c1ccccc12. The third-order valence-electron chi connectivity index (χ3n) is 6.19. The molecule has 6 rings (SSSR count). The molecule has 2 bridgehead atoms. The van der Waals surface area contributed by atoms with E-state index in [9.17, 15) is 0 Å². The Bertz CT molecular complexity index is 942. The Balaban J connectivity index is 1.57. The summed E-state index contributed by atoms with van der Waals surface area (Å²) in [6, 6.07) is 31.6. The number of hydrogen-bond donors (Lipinski definition) is 0. The zero-order chi connectivity index (χ0) is 17.4. The lowest BCUT2D eigenvalue weighted by molar-refractivity contribution is -0.578. The van der Waals surface area contributed by atoms with Gasteiger partial charge in [0.1, 0.15) is 6.54 Å². The first-order chi connectivity index (χ1) is 12.9. The first-order valence-corrected chi connectivity index (χ1v) is 9.67. The van der Waals surface area contributed by atoms with Crippen molar-refractivity contribution >= 4 is 6.21 Å². The summed E-state index contributed by atoms with van der Waals surface area (Å²) in [5, 5.41) is 0. The molecule has 0 radical (unpaired) electrons. The largest absolute Gasteiger partial charge is 0.231 e. The molecule has 2 atom stereocenters. The minimum absolute atomic E-state index is 0.0310. The van der Waals surface area contributed by atoms with E-state index in [1.165, 1.54) is 35.1 Å². The monoisotopic (exact) mass is 338 g/mol. The van der Waals surface area contributed by atoms with Crippen LogP contribution in [0.1, 0.15) is 41.1 Å². The van der Waals surface area contributed by atoms with Crippen LogP contribution in [0.4, 0.5) is 0 Å². The number of hydrogen-bond acceptors (Lipinski definition) is 0. The fourth-order valence-electron chi connectivity index (χ4n) is 4.93. The number of benzene rings is 3. The van der Waals surface area contributed by atoms with E-state index in [1.807, 2.05) is 0 Å². The molecule has 2 unspecified atom stereocenters. The van der Waals surface area contributed by atoms with Gasteiger partial charge in [0.2, 0.25) is 0 Å². The maximum absolute atomic E-state index is 2.62. The predicted octanol–water partition coefficient (Wildman–Crippen LogP) is 5.15. The van der Waals surface area contributed by atoms with Crippen LogP contribution >= 0.6 is 0 Å². The molecule has 0 spiro atoms. The molecule has 0 saturated carbocycles. The van der Waals surface area contributed by atoms with Crippen molar-refractivity contribution in [2.75, 3.05) is 6.54 Å². The lowest BCUT2D eigenvalue weighted by Gasteiger charge is -2.42. The Morgan fingerprint density at radius 2 is 1.50 bits per heavy atom. The van der Waals surface area contributed by atoms with Crippen molar-refractivity contribution < 1.29 is 4.58 Å². The van der Waals surface area contributed by atoms with Crippen LogP contribution in [0.25, 0.3) is 0 Å². The second-order valence-corrected chi connectivity index (χ2v) is 7.58. The van der Waals surface area contributed by atoms with E-state index in [1.54, 1.807) is 0 Å². The summed E-state index contributed by atoms with van der Waals surface area (Å²) < 4.78 is 2.62. The average molecular weight is 338 g/mol. The molecule has 0 aromatic heterocycles. The van der Waals surface area contributed by atoms with Crippen LogP contribution in [-0.4, -0.2) is 17.3 Å². The summed E-state index contributed by atoms with van der Waals surface area (Å²) in [5.41, 5.74) is 5.92. The van der Waals surface area contributed by atoms with E-state index < -0.39 is 0 Å². The van der Waals surface area contributed by atoms with Crippen LogP contribution in [0, 0.1) is 0 Å². The van der Waals surface area contributed by atoms with Gasteiger partial charge in [-0.25, -0.2) is 4.58 Å². The summed E-state index contributed by atoms with van der Waals surface area (Å²) in [6.07, 6.45) is 6.08. The zero-order valence-corrected chi connectivity index (χ0v) is 15.0. The minimum atomic E-state index is 0.0310. The Kier molecular flexibility index (Phi) is 3.74. The van der Waals surface area contributed by atoms with Gasteiger partial charge in [-0.1, -0.05) is 84.9 Å². The van der Waals surface area contributed by atoms with Crippen molar-refractivity contribution in [1.29, 1.82) is 0 Å². The third kappa shape index (κ3) is 2.42.